The third-order valence-electron chi connectivity index (χ3n) is 3.20. The van der Waals surface area contributed by atoms with Crippen LogP contribution in [-0.2, 0) is 6.54 Å². The fourth-order valence-electron chi connectivity index (χ4n) is 2.04. The molecule has 1 aromatic rings. The lowest BCUT2D eigenvalue weighted by Gasteiger charge is -2.20. The van der Waals surface area contributed by atoms with E-state index in [9.17, 15) is 10.1 Å². The molecule has 0 saturated heterocycles. The number of nitrogens with one attached hydrogen (secondary N) is 1. The molecule has 0 aliphatic carbocycles. The molecule has 112 valence electrons. The molecule has 1 aromatic carbocycles. The Kier molecular flexibility index (Phi) is 6.45. The molecule has 1 N–H and O–H groups in total. The number of hydrogen-bond acceptors (Lipinski definition) is 4. The summed E-state index contributed by atoms with van der Waals surface area (Å²) in [5.74, 6) is 0.663. The highest BCUT2D eigenvalue weighted by Crippen LogP contribution is 2.23. The van der Waals surface area contributed by atoms with Crippen molar-refractivity contribution in [2.24, 2.45) is 5.92 Å². The van der Waals surface area contributed by atoms with Crippen molar-refractivity contribution in [2.45, 2.75) is 33.7 Å². The van der Waals surface area contributed by atoms with Crippen molar-refractivity contribution in [3.8, 4) is 0 Å². The number of non-ortho nitro benzene ring substituents is 1. The minimum atomic E-state index is -0.340. The van der Waals surface area contributed by atoms with Crippen molar-refractivity contribution in [1.82, 2.24) is 4.90 Å². The smallest absolute Gasteiger partial charge is 0.269 e. The highest BCUT2D eigenvalue weighted by Gasteiger charge is 2.12. The quantitative estimate of drug-likeness (QED) is 0.584. The molecule has 0 saturated carbocycles. The van der Waals surface area contributed by atoms with Gasteiger partial charge in [-0.05, 0) is 44.5 Å². The van der Waals surface area contributed by atoms with Crippen LogP contribution in [0.3, 0.4) is 0 Å². The van der Waals surface area contributed by atoms with Crippen LogP contribution in [0, 0.1) is 16.0 Å². The highest BCUT2D eigenvalue weighted by atomic mass is 16.6. The van der Waals surface area contributed by atoms with E-state index < -0.39 is 0 Å². The van der Waals surface area contributed by atoms with Crippen LogP contribution in [0.4, 0.5) is 11.4 Å². The van der Waals surface area contributed by atoms with E-state index in [1.807, 2.05) is 6.92 Å². The molecule has 0 amide bonds. The molecule has 5 nitrogen and oxygen atoms in total. The van der Waals surface area contributed by atoms with Gasteiger partial charge in [0.1, 0.15) is 0 Å². The predicted octanol–water partition coefficient (Wildman–Crippen LogP) is 3.50. The molecule has 20 heavy (non-hydrogen) atoms. The second kappa shape index (κ2) is 7.85. The lowest BCUT2D eigenvalue weighted by Crippen LogP contribution is -2.21. The zero-order valence-electron chi connectivity index (χ0n) is 12.8. The van der Waals surface area contributed by atoms with Crippen LogP contribution < -0.4 is 5.32 Å². The molecule has 0 spiro atoms. The van der Waals surface area contributed by atoms with E-state index >= 15 is 0 Å². The highest BCUT2D eigenvalue weighted by molar-refractivity contribution is 5.56. The van der Waals surface area contributed by atoms with Gasteiger partial charge in [0, 0.05) is 30.9 Å². The second-order valence-corrected chi connectivity index (χ2v) is 5.55. The summed E-state index contributed by atoms with van der Waals surface area (Å²) in [6, 6.07) is 5.02. The van der Waals surface area contributed by atoms with Gasteiger partial charge < -0.3 is 10.2 Å². The molecule has 0 aliphatic heterocycles. The molecule has 0 heterocycles. The summed E-state index contributed by atoms with van der Waals surface area (Å²) < 4.78 is 0. The summed E-state index contributed by atoms with van der Waals surface area (Å²) in [6.45, 7) is 8.94. The van der Waals surface area contributed by atoms with E-state index in [-0.39, 0.29) is 10.6 Å². The van der Waals surface area contributed by atoms with E-state index in [1.165, 1.54) is 0 Å². The summed E-state index contributed by atoms with van der Waals surface area (Å²) in [5.41, 5.74) is 2.11. The maximum atomic E-state index is 10.9. The van der Waals surface area contributed by atoms with Crippen molar-refractivity contribution in [2.75, 3.05) is 25.5 Å². The average Bonchev–Trinajstić information content (AvgIpc) is 2.38. The Morgan fingerprint density at radius 1 is 1.40 bits per heavy atom. The van der Waals surface area contributed by atoms with Gasteiger partial charge in [-0.15, -0.1) is 0 Å². The Hall–Kier alpha value is -1.62. The van der Waals surface area contributed by atoms with E-state index in [0.717, 1.165) is 37.3 Å². The number of rotatable bonds is 8. The Morgan fingerprint density at radius 2 is 2.10 bits per heavy atom. The van der Waals surface area contributed by atoms with Gasteiger partial charge in [0.05, 0.1) is 4.92 Å². The molecule has 0 radical (unpaired) electrons. The van der Waals surface area contributed by atoms with E-state index in [2.05, 4.69) is 31.1 Å². The van der Waals surface area contributed by atoms with Crippen molar-refractivity contribution < 1.29 is 4.92 Å². The monoisotopic (exact) mass is 279 g/mol. The van der Waals surface area contributed by atoms with E-state index in [4.69, 9.17) is 0 Å². The van der Waals surface area contributed by atoms with Crippen molar-refractivity contribution in [3.63, 3.8) is 0 Å². The number of nitro benzene ring substituents is 1. The first-order chi connectivity index (χ1) is 9.43. The Labute approximate surface area is 121 Å². The van der Waals surface area contributed by atoms with Crippen LogP contribution >= 0.6 is 0 Å². The third kappa shape index (κ3) is 5.17. The van der Waals surface area contributed by atoms with Gasteiger partial charge in [0.2, 0.25) is 0 Å². The minimum absolute atomic E-state index is 0.152. The van der Waals surface area contributed by atoms with Crippen molar-refractivity contribution >= 4 is 11.4 Å². The second-order valence-electron chi connectivity index (χ2n) is 5.55. The number of hydrogen-bond donors (Lipinski definition) is 1. The van der Waals surface area contributed by atoms with Crippen LogP contribution in [-0.4, -0.2) is 30.0 Å². The van der Waals surface area contributed by atoms with Crippen LogP contribution in [0.5, 0.6) is 0 Å². The van der Waals surface area contributed by atoms with Gasteiger partial charge in [-0.1, -0.05) is 13.8 Å². The topological polar surface area (TPSA) is 58.4 Å². The number of benzene rings is 1. The van der Waals surface area contributed by atoms with Gasteiger partial charge >= 0.3 is 0 Å². The van der Waals surface area contributed by atoms with Gasteiger partial charge in [-0.3, -0.25) is 10.1 Å². The summed E-state index contributed by atoms with van der Waals surface area (Å²) in [7, 11) is 2.05. The summed E-state index contributed by atoms with van der Waals surface area (Å²) in [4.78, 5) is 12.8. The van der Waals surface area contributed by atoms with Crippen LogP contribution in [0.25, 0.3) is 0 Å². The minimum Gasteiger partial charge on any atom is -0.385 e. The summed E-state index contributed by atoms with van der Waals surface area (Å²) in [6.07, 6.45) is 1.13. The number of nitrogens with zero attached hydrogens (tertiary/aromatic N) is 2. The molecule has 5 heteroatoms. The zero-order chi connectivity index (χ0) is 15.1. The fourth-order valence-corrected chi connectivity index (χ4v) is 2.04. The number of nitro groups is 1. The first-order valence-corrected chi connectivity index (χ1v) is 7.13. The van der Waals surface area contributed by atoms with Gasteiger partial charge in [0.25, 0.3) is 5.69 Å². The molecule has 0 aliphatic rings. The predicted molar refractivity (Wildman–Crippen MR) is 83.0 cm³/mol. The van der Waals surface area contributed by atoms with E-state index in [0.29, 0.717) is 5.92 Å². The molecule has 1 rings (SSSR count). The normalized spacial score (nSPS) is 11.1. The van der Waals surface area contributed by atoms with Crippen molar-refractivity contribution in [3.05, 3.63) is 33.9 Å². The van der Waals surface area contributed by atoms with Gasteiger partial charge in [0.15, 0.2) is 0 Å². The lowest BCUT2D eigenvalue weighted by molar-refractivity contribution is -0.384. The van der Waals surface area contributed by atoms with Crippen LogP contribution in [0.1, 0.15) is 32.8 Å². The van der Waals surface area contributed by atoms with Gasteiger partial charge in [-0.2, -0.15) is 0 Å². The Morgan fingerprint density at radius 3 is 2.65 bits per heavy atom. The van der Waals surface area contributed by atoms with E-state index in [1.54, 1.807) is 18.2 Å². The maximum absolute atomic E-state index is 10.9. The zero-order valence-corrected chi connectivity index (χ0v) is 12.8. The van der Waals surface area contributed by atoms with Crippen LogP contribution in [0.2, 0.25) is 0 Å². The summed E-state index contributed by atoms with van der Waals surface area (Å²) >= 11 is 0. The molecule has 0 atom stereocenters. The largest absolute Gasteiger partial charge is 0.385 e. The molecule has 0 bridgehead atoms. The van der Waals surface area contributed by atoms with Crippen molar-refractivity contribution in [1.29, 1.82) is 0 Å². The third-order valence-corrected chi connectivity index (χ3v) is 3.20. The molecular formula is C15H25N3O2. The van der Waals surface area contributed by atoms with Gasteiger partial charge in [-0.25, -0.2) is 0 Å². The van der Waals surface area contributed by atoms with Crippen LogP contribution in [0.15, 0.2) is 18.2 Å². The molecular weight excluding hydrogens is 254 g/mol. The molecule has 0 aromatic heterocycles. The maximum Gasteiger partial charge on any atom is 0.269 e. The summed E-state index contributed by atoms with van der Waals surface area (Å²) in [5, 5.41) is 14.2. The average molecular weight is 279 g/mol. The first-order valence-electron chi connectivity index (χ1n) is 7.13. The molecule has 0 unspecified atom stereocenters. The Balaban J connectivity index is 2.83. The first kappa shape index (κ1) is 16.4. The SMILES string of the molecule is CCNc1ccc([N+](=O)[O-])cc1CN(C)CCC(C)C. The lowest BCUT2D eigenvalue weighted by atomic mass is 10.1. The Bertz CT molecular complexity index is 447. The molecule has 0 fully saturated rings. The standard InChI is InChI=1S/C15H25N3O2/c1-5-16-15-7-6-14(18(19)20)10-13(15)11-17(4)9-8-12(2)3/h6-7,10,12,16H,5,8-9,11H2,1-4H3. The fraction of sp³-hybridized carbons (Fsp3) is 0.600. The number of anilines is 1.